The third-order valence-corrected chi connectivity index (χ3v) is 3.13. The number of carbonyl (C=O) groups excluding carboxylic acids is 3. The highest BCUT2D eigenvalue weighted by atomic mass is 16.2. The smallest absolute Gasteiger partial charge is 0.268 e. The van der Waals surface area contributed by atoms with Gasteiger partial charge in [-0.1, -0.05) is 24.3 Å². The fourth-order valence-electron chi connectivity index (χ4n) is 1.88. The molecular formula is C14H14N2O3. The van der Waals surface area contributed by atoms with E-state index in [9.17, 15) is 14.4 Å². The number of imide groups is 2. The predicted octanol–water partition coefficient (Wildman–Crippen LogP) is 1.43. The van der Waals surface area contributed by atoms with Crippen molar-refractivity contribution in [3.05, 3.63) is 41.0 Å². The van der Waals surface area contributed by atoms with Crippen LogP contribution < -0.4 is 0 Å². The molecule has 0 bridgehead atoms. The van der Waals surface area contributed by atoms with E-state index < -0.39 is 17.8 Å². The van der Waals surface area contributed by atoms with Gasteiger partial charge in [-0.05, 0) is 24.1 Å². The van der Waals surface area contributed by atoms with Crippen LogP contribution in [-0.4, -0.2) is 41.7 Å². The van der Waals surface area contributed by atoms with Crippen LogP contribution in [0.25, 0.3) is 6.08 Å². The molecule has 0 spiro atoms. The van der Waals surface area contributed by atoms with Crippen molar-refractivity contribution in [3.8, 4) is 0 Å². The maximum Gasteiger partial charge on any atom is 0.333 e. The standard InChI is InChI=1S/C14H14N2O3/c1-9-6-4-5-7-10(9)8-11-12(17)15(2)14(19)16(3)13(11)18/h4-8H,1-3H3. The number of aryl methyl sites for hydroxylation is 1. The van der Waals surface area contributed by atoms with Gasteiger partial charge in [0.2, 0.25) is 0 Å². The van der Waals surface area contributed by atoms with Gasteiger partial charge in [0.05, 0.1) is 0 Å². The van der Waals surface area contributed by atoms with Crippen LogP contribution in [0.4, 0.5) is 4.79 Å². The van der Waals surface area contributed by atoms with E-state index in [2.05, 4.69) is 0 Å². The summed E-state index contributed by atoms with van der Waals surface area (Å²) in [5, 5.41) is 0. The summed E-state index contributed by atoms with van der Waals surface area (Å²) >= 11 is 0. The molecule has 0 atom stereocenters. The van der Waals surface area contributed by atoms with E-state index in [0.717, 1.165) is 20.9 Å². The number of barbiturate groups is 1. The maximum atomic E-state index is 12.0. The number of hydrogen-bond donors (Lipinski definition) is 0. The fraction of sp³-hybridized carbons (Fsp3) is 0.214. The summed E-state index contributed by atoms with van der Waals surface area (Å²) in [6, 6.07) is 6.80. The van der Waals surface area contributed by atoms with Crippen molar-refractivity contribution in [2.45, 2.75) is 6.92 Å². The number of likely N-dealkylation sites (N-methyl/N-ethyl adjacent to an activating group) is 2. The minimum Gasteiger partial charge on any atom is -0.268 e. The zero-order valence-corrected chi connectivity index (χ0v) is 11.0. The Hall–Kier alpha value is -2.43. The van der Waals surface area contributed by atoms with Crippen LogP contribution >= 0.6 is 0 Å². The molecule has 1 aromatic carbocycles. The summed E-state index contributed by atoms with van der Waals surface area (Å²) in [6.07, 6.45) is 1.53. The molecule has 19 heavy (non-hydrogen) atoms. The number of rotatable bonds is 1. The highest BCUT2D eigenvalue weighted by Crippen LogP contribution is 2.19. The topological polar surface area (TPSA) is 57.7 Å². The van der Waals surface area contributed by atoms with Gasteiger partial charge >= 0.3 is 6.03 Å². The van der Waals surface area contributed by atoms with Gasteiger partial charge in [0.25, 0.3) is 11.8 Å². The van der Waals surface area contributed by atoms with Gasteiger partial charge in [-0.15, -0.1) is 0 Å². The molecule has 1 heterocycles. The van der Waals surface area contributed by atoms with Crippen LogP contribution in [-0.2, 0) is 9.59 Å². The Bertz CT molecular complexity index is 578. The molecule has 0 aromatic heterocycles. The first-order valence-electron chi connectivity index (χ1n) is 5.81. The first-order chi connectivity index (χ1) is 8.93. The van der Waals surface area contributed by atoms with Gasteiger partial charge in [0.15, 0.2) is 0 Å². The van der Waals surface area contributed by atoms with Crippen LogP contribution in [0.1, 0.15) is 11.1 Å². The molecule has 0 radical (unpaired) electrons. The second-order valence-corrected chi connectivity index (χ2v) is 4.43. The van der Waals surface area contributed by atoms with Gasteiger partial charge in [-0.3, -0.25) is 19.4 Å². The zero-order valence-electron chi connectivity index (χ0n) is 11.0. The average molecular weight is 258 g/mol. The number of nitrogens with zero attached hydrogens (tertiary/aromatic N) is 2. The van der Waals surface area contributed by atoms with Gasteiger partial charge in [-0.2, -0.15) is 0 Å². The molecule has 1 aliphatic heterocycles. The van der Waals surface area contributed by atoms with E-state index >= 15 is 0 Å². The van der Waals surface area contributed by atoms with Crippen molar-refractivity contribution in [3.63, 3.8) is 0 Å². The van der Waals surface area contributed by atoms with E-state index in [1.54, 1.807) is 0 Å². The number of urea groups is 1. The summed E-state index contributed by atoms with van der Waals surface area (Å²) in [7, 11) is 2.72. The first-order valence-corrected chi connectivity index (χ1v) is 5.81. The summed E-state index contributed by atoms with van der Waals surface area (Å²) in [4.78, 5) is 37.5. The molecule has 0 saturated carbocycles. The van der Waals surface area contributed by atoms with E-state index in [0.29, 0.717) is 0 Å². The second-order valence-electron chi connectivity index (χ2n) is 4.43. The lowest BCUT2D eigenvalue weighted by Crippen LogP contribution is -2.52. The summed E-state index contributed by atoms with van der Waals surface area (Å²) in [6.45, 7) is 1.89. The molecule has 5 heteroatoms. The average Bonchev–Trinajstić information content (AvgIpc) is 2.41. The summed E-state index contributed by atoms with van der Waals surface area (Å²) < 4.78 is 0. The minimum atomic E-state index is -0.614. The Balaban J connectivity index is 2.49. The summed E-state index contributed by atoms with van der Waals surface area (Å²) in [5.74, 6) is -1.15. The normalized spacial score (nSPS) is 16.2. The van der Waals surface area contributed by atoms with Crippen molar-refractivity contribution in [2.75, 3.05) is 14.1 Å². The fourth-order valence-corrected chi connectivity index (χ4v) is 1.88. The number of hydrogen-bond acceptors (Lipinski definition) is 3. The molecule has 1 fully saturated rings. The highest BCUT2D eigenvalue weighted by Gasteiger charge is 2.37. The molecule has 0 unspecified atom stereocenters. The largest absolute Gasteiger partial charge is 0.333 e. The number of benzene rings is 1. The van der Waals surface area contributed by atoms with Crippen LogP contribution in [0.2, 0.25) is 0 Å². The van der Waals surface area contributed by atoms with Crippen LogP contribution in [0, 0.1) is 6.92 Å². The van der Waals surface area contributed by atoms with Crippen molar-refractivity contribution in [1.29, 1.82) is 0 Å². The molecule has 0 aliphatic carbocycles. The quantitative estimate of drug-likeness (QED) is 0.565. The van der Waals surface area contributed by atoms with Crippen LogP contribution in [0.5, 0.6) is 0 Å². The van der Waals surface area contributed by atoms with Crippen molar-refractivity contribution < 1.29 is 14.4 Å². The molecular weight excluding hydrogens is 244 g/mol. The molecule has 1 aromatic rings. The lowest BCUT2D eigenvalue weighted by Gasteiger charge is -2.28. The molecule has 0 N–H and O–H groups in total. The molecule has 1 aliphatic rings. The summed E-state index contributed by atoms with van der Waals surface area (Å²) in [5.41, 5.74) is 1.74. The lowest BCUT2D eigenvalue weighted by molar-refractivity contribution is -0.134. The third kappa shape index (κ3) is 2.14. The highest BCUT2D eigenvalue weighted by molar-refractivity contribution is 6.30. The Morgan fingerprint density at radius 2 is 1.47 bits per heavy atom. The van der Waals surface area contributed by atoms with Crippen molar-refractivity contribution >= 4 is 23.9 Å². The number of amides is 4. The molecule has 98 valence electrons. The predicted molar refractivity (Wildman–Crippen MR) is 70.1 cm³/mol. The van der Waals surface area contributed by atoms with Gasteiger partial charge in [0.1, 0.15) is 5.57 Å². The zero-order chi connectivity index (χ0) is 14.2. The lowest BCUT2D eigenvalue weighted by atomic mass is 10.0. The molecule has 2 rings (SSSR count). The maximum absolute atomic E-state index is 12.0. The monoisotopic (exact) mass is 258 g/mol. The first kappa shape index (κ1) is 13.0. The van der Waals surface area contributed by atoms with E-state index in [4.69, 9.17) is 0 Å². The Labute approximate surface area is 111 Å². The minimum absolute atomic E-state index is 0.00102. The van der Waals surface area contributed by atoms with Gasteiger partial charge in [-0.25, -0.2) is 4.79 Å². The Morgan fingerprint density at radius 3 is 2.00 bits per heavy atom. The van der Waals surface area contributed by atoms with Crippen molar-refractivity contribution in [1.82, 2.24) is 9.80 Å². The molecule has 1 saturated heterocycles. The molecule has 5 nitrogen and oxygen atoms in total. The Morgan fingerprint density at radius 1 is 0.947 bits per heavy atom. The van der Waals surface area contributed by atoms with Gasteiger partial charge in [0, 0.05) is 14.1 Å². The van der Waals surface area contributed by atoms with Gasteiger partial charge < -0.3 is 0 Å². The van der Waals surface area contributed by atoms with Crippen molar-refractivity contribution in [2.24, 2.45) is 0 Å². The van der Waals surface area contributed by atoms with E-state index in [-0.39, 0.29) is 5.57 Å². The van der Waals surface area contributed by atoms with E-state index in [1.165, 1.54) is 20.2 Å². The SMILES string of the molecule is Cc1ccccc1C=C1C(=O)N(C)C(=O)N(C)C1=O. The second kappa shape index (κ2) is 4.68. The van der Waals surface area contributed by atoms with Crippen LogP contribution in [0.3, 0.4) is 0 Å². The molecule has 4 amide bonds. The third-order valence-electron chi connectivity index (χ3n) is 3.13. The Kier molecular flexibility index (Phi) is 3.21. The van der Waals surface area contributed by atoms with Crippen LogP contribution in [0.15, 0.2) is 29.8 Å². The number of carbonyl (C=O) groups is 3. The van der Waals surface area contributed by atoms with E-state index in [1.807, 2.05) is 31.2 Å².